The van der Waals surface area contributed by atoms with Crippen molar-refractivity contribution in [1.29, 1.82) is 0 Å². The number of amides is 1. The van der Waals surface area contributed by atoms with Crippen LogP contribution in [0.25, 0.3) is 10.8 Å². The summed E-state index contributed by atoms with van der Waals surface area (Å²) in [7, 11) is 0. The first-order valence-corrected chi connectivity index (χ1v) is 8.22. The van der Waals surface area contributed by atoms with Gasteiger partial charge in [0, 0.05) is 5.92 Å². The summed E-state index contributed by atoms with van der Waals surface area (Å²) in [5.41, 5.74) is 0.466. The van der Waals surface area contributed by atoms with Gasteiger partial charge in [-0.05, 0) is 43.5 Å². The van der Waals surface area contributed by atoms with Crippen LogP contribution in [0, 0.1) is 0 Å². The molecular formula is C20H23NO3. The Morgan fingerprint density at radius 1 is 1.17 bits per heavy atom. The number of nitrogens with zero attached hydrogens (tertiary/aromatic N) is 1. The zero-order chi connectivity index (χ0) is 17.3. The molecule has 0 aromatic heterocycles. The Balaban J connectivity index is 1.90. The summed E-state index contributed by atoms with van der Waals surface area (Å²) in [6.07, 6.45) is 3.95. The minimum absolute atomic E-state index is 0.0615. The third-order valence-electron chi connectivity index (χ3n) is 4.21. The molecule has 0 spiro atoms. The third-order valence-corrected chi connectivity index (χ3v) is 4.21. The van der Waals surface area contributed by atoms with Crippen LogP contribution >= 0.6 is 0 Å². The Kier molecular flexibility index (Phi) is 4.33. The van der Waals surface area contributed by atoms with E-state index in [-0.39, 0.29) is 12.0 Å². The van der Waals surface area contributed by atoms with E-state index in [1.165, 1.54) is 0 Å². The first kappa shape index (κ1) is 16.5. The van der Waals surface area contributed by atoms with E-state index in [1.54, 1.807) is 20.8 Å². The highest BCUT2D eigenvalue weighted by Crippen LogP contribution is 2.36. The number of carbonyl (C=O) groups excluding carboxylic acids is 1. The lowest BCUT2D eigenvalue weighted by Gasteiger charge is -2.30. The second-order valence-corrected chi connectivity index (χ2v) is 7.15. The van der Waals surface area contributed by atoms with Crippen LogP contribution in [0.3, 0.4) is 0 Å². The van der Waals surface area contributed by atoms with Crippen LogP contribution < -0.4 is 0 Å². The third kappa shape index (κ3) is 3.29. The van der Waals surface area contributed by atoms with Crippen LogP contribution in [0.1, 0.15) is 38.7 Å². The van der Waals surface area contributed by atoms with Crippen molar-refractivity contribution in [2.45, 2.75) is 44.8 Å². The first-order valence-electron chi connectivity index (χ1n) is 8.22. The maximum Gasteiger partial charge on any atom is 0.434 e. The van der Waals surface area contributed by atoms with E-state index in [9.17, 15) is 10.0 Å². The fraction of sp³-hybridized carbons (Fsp3) is 0.350. The predicted molar refractivity (Wildman–Crippen MR) is 94.1 cm³/mol. The zero-order valence-corrected chi connectivity index (χ0v) is 14.3. The quantitative estimate of drug-likeness (QED) is 0.486. The smallest absolute Gasteiger partial charge is 0.434 e. The Hall–Kier alpha value is -2.33. The minimum atomic E-state index is -0.707. The summed E-state index contributed by atoms with van der Waals surface area (Å²) >= 11 is 0. The van der Waals surface area contributed by atoms with Crippen LogP contribution in [0.15, 0.2) is 54.6 Å². The molecule has 3 rings (SSSR count). The molecule has 0 bridgehead atoms. The number of rotatable bonds is 2. The molecule has 4 nitrogen and oxygen atoms in total. The maximum absolute atomic E-state index is 12.2. The topological polar surface area (TPSA) is 49.8 Å². The molecule has 4 heteroatoms. The number of hydrogen-bond donors (Lipinski definition) is 1. The lowest BCUT2D eigenvalue weighted by Crippen LogP contribution is -2.42. The molecule has 2 aromatic rings. The van der Waals surface area contributed by atoms with E-state index in [2.05, 4.69) is 30.3 Å². The van der Waals surface area contributed by atoms with Gasteiger partial charge < -0.3 is 4.74 Å². The zero-order valence-electron chi connectivity index (χ0n) is 14.3. The molecule has 1 aliphatic rings. The molecular weight excluding hydrogens is 302 g/mol. The Labute approximate surface area is 142 Å². The highest BCUT2D eigenvalue weighted by Gasteiger charge is 2.35. The van der Waals surface area contributed by atoms with Gasteiger partial charge in [0.1, 0.15) is 5.60 Å². The van der Waals surface area contributed by atoms with E-state index < -0.39 is 11.7 Å². The Bertz CT molecular complexity index is 771. The van der Waals surface area contributed by atoms with Crippen molar-refractivity contribution in [3.8, 4) is 0 Å². The van der Waals surface area contributed by atoms with Gasteiger partial charge in [-0.1, -0.05) is 54.6 Å². The molecule has 1 aliphatic carbocycles. The summed E-state index contributed by atoms with van der Waals surface area (Å²) in [6.45, 7) is 5.36. The lowest BCUT2D eigenvalue weighted by molar-refractivity contribution is -0.120. The number of hydrogen-bond acceptors (Lipinski definition) is 3. The average molecular weight is 325 g/mol. The van der Waals surface area contributed by atoms with Gasteiger partial charge in [0.2, 0.25) is 0 Å². The summed E-state index contributed by atoms with van der Waals surface area (Å²) < 4.78 is 5.29. The fourth-order valence-electron chi connectivity index (χ4n) is 3.19. The molecule has 0 aliphatic heterocycles. The number of ether oxygens (including phenoxy) is 1. The monoisotopic (exact) mass is 325 g/mol. The normalized spacial score (nSPS) is 20.3. The predicted octanol–water partition coefficient (Wildman–Crippen LogP) is 4.88. The van der Waals surface area contributed by atoms with Crippen LogP contribution in [0.2, 0.25) is 0 Å². The van der Waals surface area contributed by atoms with Crippen molar-refractivity contribution < 1.29 is 14.7 Å². The molecule has 0 radical (unpaired) electrons. The van der Waals surface area contributed by atoms with E-state index in [4.69, 9.17) is 4.74 Å². The molecule has 1 amide bonds. The van der Waals surface area contributed by atoms with Crippen molar-refractivity contribution in [2.75, 3.05) is 0 Å². The number of fused-ring (bicyclic) bond motifs is 1. The van der Waals surface area contributed by atoms with Gasteiger partial charge >= 0.3 is 6.09 Å². The van der Waals surface area contributed by atoms with Gasteiger partial charge in [0.05, 0.1) is 6.04 Å². The van der Waals surface area contributed by atoms with Crippen molar-refractivity contribution in [1.82, 2.24) is 5.06 Å². The number of benzene rings is 2. The molecule has 24 heavy (non-hydrogen) atoms. The van der Waals surface area contributed by atoms with Crippen molar-refractivity contribution in [2.24, 2.45) is 0 Å². The molecule has 0 fully saturated rings. The molecule has 0 saturated heterocycles. The lowest BCUT2D eigenvalue weighted by atomic mass is 9.90. The number of carbonyl (C=O) groups is 1. The SMILES string of the molecule is CC(C)(C)OC(=O)N(O)[C@H]1CC=C[C@H]1c1cccc2ccccc12. The van der Waals surface area contributed by atoms with Crippen LogP contribution in [0.4, 0.5) is 4.79 Å². The average Bonchev–Trinajstić information content (AvgIpc) is 3.01. The van der Waals surface area contributed by atoms with E-state index in [1.807, 2.05) is 24.3 Å². The van der Waals surface area contributed by atoms with Crippen molar-refractivity contribution >= 4 is 16.9 Å². The summed E-state index contributed by atoms with van der Waals surface area (Å²) in [6, 6.07) is 13.9. The molecule has 2 atom stereocenters. The first-order chi connectivity index (χ1) is 11.4. The standard InChI is InChI=1S/C20H23NO3/c1-20(2,3)24-19(22)21(23)18-13-7-12-17(18)16-11-6-9-14-8-4-5-10-15(14)16/h4-12,17-18,23H,13H2,1-3H3/t17-,18-/m0/s1. The molecule has 126 valence electrons. The molecule has 0 heterocycles. The highest BCUT2D eigenvalue weighted by molar-refractivity contribution is 5.86. The second kappa shape index (κ2) is 6.29. The van der Waals surface area contributed by atoms with Gasteiger partial charge in [-0.15, -0.1) is 0 Å². The van der Waals surface area contributed by atoms with E-state index in [0.29, 0.717) is 6.42 Å². The van der Waals surface area contributed by atoms with Crippen LogP contribution in [0.5, 0.6) is 0 Å². The number of hydroxylamine groups is 2. The van der Waals surface area contributed by atoms with Gasteiger partial charge in [-0.3, -0.25) is 5.21 Å². The van der Waals surface area contributed by atoms with E-state index in [0.717, 1.165) is 21.4 Å². The van der Waals surface area contributed by atoms with Crippen molar-refractivity contribution in [3.63, 3.8) is 0 Å². The maximum atomic E-state index is 12.2. The van der Waals surface area contributed by atoms with Gasteiger partial charge in [0.25, 0.3) is 0 Å². The van der Waals surface area contributed by atoms with Crippen LogP contribution in [-0.4, -0.2) is 28.0 Å². The minimum Gasteiger partial charge on any atom is -0.442 e. The molecule has 2 aromatic carbocycles. The van der Waals surface area contributed by atoms with Gasteiger partial charge in [0.15, 0.2) is 0 Å². The Morgan fingerprint density at radius 3 is 2.62 bits per heavy atom. The second-order valence-electron chi connectivity index (χ2n) is 7.15. The summed E-state index contributed by atoms with van der Waals surface area (Å²) in [4.78, 5) is 12.2. The van der Waals surface area contributed by atoms with Gasteiger partial charge in [-0.25, -0.2) is 4.79 Å². The van der Waals surface area contributed by atoms with Crippen molar-refractivity contribution in [3.05, 3.63) is 60.2 Å². The highest BCUT2D eigenvalue weighted by atomic mass is 16.6. The van der Waals surface area contributed by atoms with Crippen LogP contribution in [-0.2, 0) is 4.74 Å². The van der Waals surface area contributed by atoms with E-state index >= 15 is 0 Å². The largest absolute Gasteiger partial charge is 0.442 e. The Morgan fingerprint density at radius 2 is 1.88 bits per heavy atom. The summed E-state index contributed by atoms with van der Waals surface area (Å²) in [5, 5.41) is 13.4. The fourth-order valence-corrected chi connectivity index (χ4v) is 3.19. The molecule has 1 N–H and O–H groups in total. The molecule has 0 saturated carbocycles. The molecule has 0 unspecified atom stereocenters. The summed E-state index contributed by atoms with van der Waals surface area (Å²) in [5.74, 6) is -0.0615. The van der Waals surface area contributed by atoms with Gasteiger partial charge in [-0.2, -0.15) is 5.06 Å².